The number of carbonyl (C=O) groups excluding carboxylic acids is 1. The van der Waals surface area contributed by atoms with Gasteiger partial charge in [-0.1, -0.05) is 11.5 Å². The van der Waals surface area contributed by atoms with Crippen LogP contribution in [-0.2, 0) is 4.79 Å². The summed E-state index contributed by atoms with van der Waals surface area (Å²) in [4.78, 5) is 24.2. The molecule has 0 aromatic heterocycles. The summed E-state index contributed by atoms with van der Waals surface area (Å²) >= 11 is 3.53. The molecule has 0 saturated carbocycles. The molecular formula is C16H21N6O3S+. The smallest absolute Gasteiger partial charge is 0.303 e. The number of hydrazone groups is 1. The van der Waals surface area contributed by atoms with Crippen molar-refractivity contribution in [2.75, 3.05) is 37.3 Å². The normalized spacial score (nSPS) is 16.7. The van der Waals surface area contributed by atoms with E-state index in [1.54, 1.807) is 23.0 Å². The largest absolute Gasteiger partial charge is 0.358 e. The molecule has 9 nitrogen and oxygen atoms in total. The highest BCUT2D eigenvalue weighted by atomic mass is 32.1. The number of piperazine rings is 1. The Morgan fingerprint density at radius 2 is 2.04 bits per heavy atom. The minimum Gasteiger partial charge on any atom is -0.358 e. The van der Waals surface area contributed by atoms with E-state index in [1.165, 1.54) is 6.07 Å². The number of nitro groups is 1. The molecule has 1 amide bonds. The molecule has 0 radical (unpaired) electrons. The summed E-state index contributed by atoms with van der Waals surface area (Å²) in [6, 6.07) is 7.39. The van der Waals surface area contributed by atoms with Crippen LogP contribution in [0.2, 0.25) is 0 Å². The molecule has 2 aliphatic rings. The van der Waals surface area contributed by atoms with Gasteiger partial charge in [0.1, 0.15) is 18.8 Å². The molecule has 0 atom stereocenters. The fraction of sp³-hybridized carbons (Fsp3) is 0.438. The van der Waals surface area contributed by atoms with Gasteiger partial charge in [-0.3, -0.25) is 14.9 Å². The Kier molecular flexibility index (Phi) is 6.88. The van der Waals surface area contributed by atoms with E-state index in [2.05, 4.69) is 29.2 Å². The van der Waals surface area contributed by atoms with E-state index in [0.717, 1.165) is 0 Å². The minimum absolute atomic E-state index is 0.0272. The maximum Gasteiger partial charge on any atom is 0.303 e. The number of nitrogens with one attached hydrogen (secondary N) is 2. The van der Waals surface area contributed by atoms with Gasteiger partial charge in [-0.2, -0.15) is 17.7 Å². The second kappa shape index (κ2) is 9.12. The first kappa shape index (κ1) is 19.6. The fourth-order valence-electron chi connectivity index (χ4n) is 2.86. The molecule has 1 fully saturated rings. The van der Waals surface area contributed by atoms with Crippen molar-refractivity contribution in [3.8, 4) is 0 Å². The van der Waals surface area contributed by atoms with Crippen molar-refractivity contribution in [1.29, 1.82) is 5.41 Å². The quantitative estimate of drug-likeness (QED) is 0.242. The number of rotatable bonds is 3. The van der Waals surface area contributed by atoms with E-state index >= 15 is 0 Å². The van der Waals surface area contributed by atoms with Gasteiger partial charge in [-0.15, -0.1) is 0 Å². The number of amides is 1. The predicted molar refractivity (Wildman–Crippen MR) is 102 cm³/mol. The number of hydrogen-bond donors (Lipinski definition) is 3. The van der Waals surface area contributed by atoms with Crippen LogP contribution in [0.3, 0.4) is 0 Å². The van der Waals surface area contributed by atoms with Crippen LogP contribution in [0.1, 0.15) is 18.4 Å². The molecule has 1 saturated heterocycles. The van der Waals surface area contributed by atoms with Crippen molar-refractivity contribution in [2.45, 2.75) is 12.8 Å². The van der Waals surface area contributed by atoms with Gasteiger partial charge < -0.3 is 4.90 Å². The molecule has 0 spiro atoms. The molecule has 3 rings (SSSR count). The van der Waals surface area contributed by atoms with Gasteiger partial charge >= 0.3 is 6.01 Å². The average Bonchev–Trinajstić information content (AvgIpc) is 2.70. The van der Waals surface area contributed by atoms with Gasteiger partial charge in [0.25, 0.3) is 5.69 Å². The summed E-state index contributed by atoms with van der Waals surface area (Å²) in [6.45, 7) is 2.43. The first-order valence-electron chi connectivity index (χ1n) is 8.09. The predicted octanol–water partition coefficient (Wildman–Crippen LogP) is 1.34. The first-order valence-corrected chi connectivity index (χ1v) is 8.99. The summed E-state index contributed by atoms with van der Waals surface area (Å²) in [5.74, 6) is -0.147. The summed E-state index contributed by atoms with van der Waals surface area (Å²) in [6.07, 6.45) is 2.49. The zero-order chi connectivity index (χ0) is 19.1. The number of nitro benzene ring substituents is 1. The topological polar surface area (TPSA) is 115 Å². The van der Waals surface area contributed by atoms with Crippen LogP contribution in [0.15, 0.2) is 23.3 Å². The zero-order valence-corrected chi connectivity index (χ0v) is 15.3. The van der Waals surface area contributed by atoms with Gasteiger partial charge in [0.2, 0.25) is 5.91 Å². The Balaban J connectivity index is 0.00000117. The lowest BCUT2D eigenvalue weighted by molar-refractivity contribution is -0.524. The molecule has 0 bridgehead atoms. The van der Waals surface area contributed by atoms with E-state index in [4.69, 9.17) is 5.41 Å². The Labute approximate surface area is 156 Å². The molecule has 10 heteroatoms. The molecule has 2 aliphatic heterocycles. The third kappa shape index (κ3) is 4.47. The molecule has 1 aromatic carbocycles. The van der Waals surface area contributed by atoms with E-state index < -0.39 is 4.92 Å². The van der Waals surface area contributed by atoms with Crippen molar-refractivity contribution < 1.29 is 14.3 Å². The average molecular weight is 377 g/mol. The summed E-state index contributed by atoms with van der Waals surface area (Å²) in [7, 11) is 0. The van der Waals surface area contributed by atoms with Crippen molar-refractivity contribution in [1.82, 2.24) is 5.43 Å². The molecule has 1 aromatic rings. The Bertz CT molecular complexity index is 778. The van der Waals surface area contributed by atoms with Crippen molar-refractivity contribution in [3.63, 3.8) is 0 Å². The van der Waals surface area contributed by atoms with E-state index in [0.29, 0.717) is 56.0 Å². The Morgan fingerprint density at radius 3 is 2.58 bits per heavy atom. The highest BCUT2D eigenvalue weighted by Crippen LogP contribution is 2.30. The van der Waals surface area contributed by atoms with Gasteiger partial charge in [0.05, 0.1) is 23.7 Å². The summed E-state index contributed by atoms with van der Waals surface area (Å²) < 4.78 is 1.75. The molecule has 138 valence electrons. The van der Waals surface area contributed by atoms with Crippen molar-refractivity contribution in [2.24, 2.45) is 5.10 Å². The lowest BCUT2D eigenvalue weighted by Crippen LogP contribution is -2.42. The van der Waals surface area contributed by atoms with Crippen molar-refractivity contribution >= 4 is 41.6 Å². The van der Waals surface area contributed by atoms with Gasteiger partial charge in [-0.05, 0) is 12.3 Å². The number of thiol groups is 1. The molecule has 0 aliphatic carbocycles. The third-order valence-electron chi connectivity index (χ3n) is 4.19. The standard InChI is InChI=1S/C15H16N6O3.CH4S/c16-10-19-5-7-20(8-6-19)13-3-1-11(9-14(13)21(23)24)12-2-4-15(22)18-17-12;1-2/h1,3,9,16H,2,4-8H2;2H,1H3/p+1. The van der Waals surface area contributed by atoms with Crippen LogP contribution in [0, 0.1) is 15.5 Å². The first-order chi connectivity index (χ1) is 12.6. The lowest BCUT2D eigenvalue weighted by Gasteiger charge is -2.27. The summed E-state index contributed by atoms with van der Waals surface area (Å²) in [5, 5.41) is 22.6. The number of nitrogens with zero attached hydrogens (tertiary/aromatic N) is 4. The van der Waals surface area contributed by atoms with Crippen molar-refractivity contribution in [3.05, 3.63) is 33.9 Å². The number of hydrogen-bond acceptors (Lipinski definition) is 7. The Morgan fingerprint density at radius 1 is 1.35 bits per heavy atom. The van der Waals surface area contributed by atoms with E-state index in [9.17, 15) is 14.9 Å². The molecule has 2 heterocycles. The molecule has 0 unspecified atom stereocenters. The van der Waals surface area contributed by atoms with Gasteiger partial charge in [0.15, 0.2) is 0 Å². The molecule has 2 N–H and O–H groups in total. The number of anilines is 1. The van der Waals surface area contributed by atoms with Crippen LogP contribution < -0.4 is 10.3 Å². The third-order valence-corrected chi connectivity index (χ3v) is 4.19. The molecular weight excluding hydrogens is 356 g/mol. The van der Waals surface area contributed by atoms with Crippen LogP contribution in [-0.4, -0.2) is 59.6 Å². The van der Waals surface area contributed by atoms with E-state index in [1.807, 2.05) is 4.90 Å². The van der Waals surface area contributed by atoms with Gasteiger partial charge in [-0.25, -0.2) is 10.0 Å². The highest BCUT2D eigenvalue weighted by molar-refractivity contribution is 7.79. The maximum atomic E-state index is 11.5. The SMILES string of the molecule is CS.N=C=[N+]1CCN(c2ccc(C3=NNC(=O)CC3)cc2[N+](=O)[O-])CC1. The van der Waals surface area contributed by atoms with E-state index in [-0.39, 0.29) is 11.6 Å². The monoisotopic (exact) mass is 377 g/mol. The lowest BCUT2D eigenvalue weighted by atomic mass is 10.0. The van der Waals surface area contributed by atoms with Crippen LogP contribution in [0.25, 0.3) is 0 Å². The highest BCUT2D eigenvalue weighted by Gasteiger charge is 2.25. The van der Waals surface area contributed by atoms with Gasteiger partial charge in [0, 0.05) is 24.5 Å². The van der Waals surface area contributed by atoms with Crippen LogP contribution in [0.5, 0.6) is 0 Å². The Hall–Kier alpha value is -2.71. The minimum atomic E-state index is -0.393. The number of benzene rings is 1. The second-order valence-corrected chi connectivity index (χ2v) is 5.64. The number of carbonyl (C=O) groups is 1. The van der Waals surface area contributed by atoms with Crippen LogP contribution >= 0.6 is 12.6 Å². The summed E-state index contributed by atoms with van der Waals surface area (Å²) in [5.41, 5.74) is 4.29. The zero-order valence-electron chi connectivity index (χ0n) is 14.4. The maximum absolute atomic E-state index is 11.5. The second-order valence-electron chi connectivity index (χ2n) is 5.64. The van der Waals surface area contributed by atoms with Crippen LogP contribution in [0.4, 0.5) is 11.4 Å². The fourth-order valence-corrected chi connectivity index (χ4v) is 2.86. The molecule has 26 heavy (non-hydrogen) atoms.